The molecule has 1 N–H and O–H groups in total. The van der Waals surface area contributed by atoms with Crippen molar-refractivity contribution in [2.24, 2.45) is 0 Å². The molecule has 13 heavy (non-hydrogen) atoms. The summed E-state index contributed by atoms with van der Waals surface area (Å²) in [6.07, 6.45) is 2.24. The average Bonchev–Trinajstić information content (AvgIpc) is 2.16. The van der Waals surface area contributed by atoms with Gasteiger partial charge < -0.3 is 14.8 Å². The van der Waals surface area contributed by atoms with E-state index in [0.717, 1.165) is 19.4 Å². The second-order valence-corrected chi connectivity index (χ2v) is 2.72. The van der Waals surface area contributed by atoms with Gasteiger partial charge in [0.2, 0.25) is 0 Å². The van der Waals surface area contributed by atoms with Crippen LogP contribution in [0.15, 0.2) is 0 Å². The maximum atomic E-state index is 10.6. The van der Waals surface area contributed by atoms with Gasteiger partial charge in [0.05, 0.1) is 20.3 Å². The molecule has 0 radical (unpaired) electrons. The molecule has 4 heteroatoms. The Morgan fingerprint density at radius 2 is 2.15 bits per heavy atom. The van der Waals surface area contributed by atoms with E-state index in [9.17, 15) is 4.79 Å². The SMILES string of the molecule is CCCCOCCNCC(=O)OC. The van der Waals surface area contributed by atoms with E-state index in [4.69, 9.17) is 4.74 Å². The highest BCUT2D eigenvalue weighted by molar-refractivity contribution is 5.71. The number of esters is 1. The molecular weight excluding hydrogens is 170 g/mol. The van der Waals surface area contributed by atoms with Gasteiger partial charge in [0.1, 0.15) is 0 Å². The topological polar surface area (TPSA) is 47.6 Å². The number of carbonyl (C=O) groups is 1. The fourth-order valence-electron chi connectivity index (χ4n) is 0.755. The van der Waals surface area contributed by atoms with Crippen LogP contribution in [0.2, 0.25) is 0 Å². The predicted octanol–water partition coefficient (Wildman–Crippen LogP) is 0.566. The van der Waals surface area contributed by atoms with E-state index in [1.807, 2.05) is 0 Å². The lowest BCUT2D eigenvalue weighted by Gasteiger charge is -2.04. The van der Waals surface area contributed by atoms with Crippen LogP contribution in [0.25, 0.3) is 0 Å². The monoisotopic (exact) mass is 189 g/mol. The normalized spacial score (nSPS) is 10.0. The maximum Gasteiger partial charge on any atom is 0.319 e. The van der Waals surface area contributed by atoms with Crippen molar-refractivity contribution in [2.75, 3.05) is 33.4 Å². The van der Waals surface area contributed by atoms with Crippen molar-refractivity contribution in [1.29, 1.82) is 0 Å². The van der Waals surface area contributed by atoms with Gasteiger partial charge in [-0.25, -0.2) is 0 Å². The second kappa shape index (κ2) is 9.48. The smallest absolute Gasteiger partial charge is 0.319 e. The van der Waals surface area contributed by atoms with Gasteiger partial charge in [0.25, 0.3) is 0 Å². The largest absolute Gasteiger partial charge is 0.468 e. The summed E-state index contributed by atoms with van der Waals surface area (Å²) in [5.41, 5.74) is 0. The van der Waals surface area contributed by atoms with Crippen LogP contribution in [0, 0.1) is 0 Å². The standard InChI is InChI=1S/C9H19NO3/c1-3-4-6-13-7-5-10-8-9(11)12-2/h10H,3-8H2,1-2H3. The second-order valence-electron chi connectivity index (χ2n) is 2.72. The minimum atomic E-state index is -0.242. The Hall–Kier alpha value is -0.610. The van der Waals surface area contributed by atoms with Crippen LogP contribution in [0.3, 0.4) is 0 Å². The lowest BCUT2D eigenvalue weighted by molar-refractivity contribution is -0.139. The lowest BCUT2D eigenvalue weighted by Crippen LogP contribution is -2.27. The number of carbonyl (C=O) groups excluding carboxylic acids is 1. The first kappa shape index (κ1) is 12.4. The van der Waals surface area contributed by atoms with Gasteiger partial charge in [-0.2, -0.15) is 0 Å². The van der Waals surface area contributed by atoms with Gasteiger partial charge in [0.15, 0.2) is 0 Å². The van der Waals surface area contributed by atoms with E-state index in [-0.39, 0.29) is 12.5 Å². The van der Waals surface area contributed by atoms with Crippen LogP contribution in [0.5, 0.6) is 0 Å². The van der Waals surface area contributed by atoms with Crippen molar-refractivity contribution in [2.45, 2.75) is 19.8 Å². The first-order valence-corrected chi connectivity index (χ1v) is 4.66. The number of hydrogen-bond acceptors (Lipinski definition) is 4. The molecule has 0 rings (SSSR count). The zero-order chi connectivity index (χ0) is 9.94. The number of nitrogens with one attached hydrogen (secondary N) is 1. The Bertz CT molecular complexity index is 128. The summed E-state index contributed by atoms with van der Waals surface area (Å²) >= 11 is 0. The Labute approximate surface area is 79.6 Å². The molecule has 0 spiro atoms. The first-order valence-electron chi connectivity index (χ1n) is 4.66. The van der Waals surface area contributed by atoms with Gasteiger partial charge in [-0.15, -0.1) is 0 Å². The molecule has 0 amide bonds. The molecule has 0 heterocycles. The van der Waals surface area contributed by atoms with Crippen LogP contribution >= 0.6 is 0 Å². The van der Waals surface area contributed by atoms with Gasteiger partial charge in [-0.3, -0.25) is 4.79 Å². The summed E-state index contributed by atoms with van der Waals surface area (Å²) in [5, 5.41) is 2.91. The average molecular weight is 189 g/mol. The third kappa shape index (κ3) is 9.30. The Kier molecular flexibility index (Phi) is 9.03. The zero-order valence-corrected chi connectivity index (χ0v) is 8.47. The van der Waals surface area contributed by atoms with Gasteiger partial charge in [-0.05, 0) is 6.42 Å². The highest BCUT2D eigenvalue weighted by Crippen LogP contribution is 1.86. The summed E-state index contributed by atoms with van der Waals surface area (Å²) in [6.45, 7) is 4.53. The Balaban J connectivity index is 2.95. The highest BCUT2D eigenvalue weighted by atomic mass is 16.5. The lowest BCUT2D eigenvalue weighted by atomic mass is 10.4. The van der Waals surface area contributed by atoms with Crippen LogP contribution in [0.4, 0.5) is 0 Å². The summed E-state index contributed by atoms with van der Waals surface area (Å²) in [7, 11) is 1.38. The maximum absolute atomic E-state index is 10.6. The van der Waals surface area contributed by atoms with Gasteiger partial charge >= 0.3 is 5.97 Å². The minimum Gasteiger partial charge on any atom is -0.468 e. The number of methoxy groups -OCH3 is 1. The highest BCUT2D eigenvalue weighted by Gasteiger charge is 1.96. The van der Waals surface area contributed by atoms with Crippen LogP contribution < -0.4 is 5.32 Å². The van der Waals surface area contributed by atoms with Crippen LogP contribution in [-0.4, -0.2) is 39.4 Å². The summed E-state index contributed by atoms with van der Waals surface area (Å²) in [6, 6.07) is 0. The van der Waals surface area contributed by atoms with Crippen molar-refractivity contribution in [3.05, 3.63) is 0 Å². The molecule has 0 aliphatic rings. The summed E-state index contributed by atoms with van der Waals surface area (Å²) in [4.78, 5) is 10.6. The molecule has 0 bridgehead atoms. The van der Waals surface area contributed by atoms with E-state index >= 15 is 0 Å². The fourth-order valence-corrected chi connectivity index (χ4v) is 0.755. The molecular formula is C9H19NO3. The number of rotatable bonds is 8. The molecule has 78 valence electrons. The molecule has 0 atom stereocenters. The fraction of sp³-hybridized carbons (Fsp3) is 0.889. The Morgan fingerprint density at radius 1 is 1.38 bits per heavy atom. The van der Waals surface area contributed by atoms with Crippen LogP contribution in [0.1, 0.15) is 19.8 Å². The number of hydrogen-bond donors (Lipinski definition) is 1. The number of ether oxygens (including phenoxy) is 2. The molecule has 0 aliphatic carbocycles. The van der Waals surface area contributed by atoms with Crippen LogP contribution in [-0.2, 0) is 14.3 Å². The Morgan fingerprint density at radius 3 is 2.77 bits per heavy atom. The minimum absolute atomic E-state index is 0.242. The van der Waals surface area contributed by atoms with E-state index in [0.29, 0.717) is 13.2 Å². The zero-order valence-electron chi connectivity index (χ0n) is 8.47. The first-order chi connectivity index (χ1) is 6.31. The quantitative estimate of drug-likeness (QED) is 0.448. The van der Waals surface area contributed by atoms with Gasteiger partial charge in [0, 0.05) is 13.2 Å². The van der Waals surface area contributed by atoms with Crippen molar-refractivity contribution >= 4 is 5.97 Å². The molecule has 0 saturated carbocycles. The van der Waals surface area contributed by atoms with E-state index in [2.05, 4.69) is 17.0 Å². The van der Waals surface area contributed by atoms with Crippen molar-refractivity contribution in [3.8, 4) is 0 Å². The van der Waals surface area contributed by atoms with Crippen molar-refractivity contribution in [3.63, 3.8) is 0 Å². The van der Waals surface area contributed by atoms with E-state index in [1.54, 1.807) is 0 Å². The molecule has 0 aromatic rings. The van der Waals surface area contributed by atoms with Crippen molar-refractivity contribution in [1.82, 2.24) is 5.32 Å². The molecule has 0 unspecified atom stereocenters. The van der Waals surface area contributed by atoms with E-state index in [1.165, 1.54) is 7.11 Å². The summed E-state index contributed by atoms with van der Waals surface area (Å²) in [5.74, 6) is -0.242. The third-order valence-corrected chi connectivity index (χ3v) is 1.56. The molecule has 0 aromatic carbocycles. The van der Waals surface area contributed by atoms with Crippen molar-refractivity contribution < 1.29 is 14.3 Å². The molecule has 0 saturated heterocycles. The third-order valence-electron chi connectivity index (χ3n) is 1.56. The molecule has 4 nitrogen and oxygen atoms in total. The summed E-state index contributed by atoms with van der Waals surface area (Å²) < 4.78 is 9.73. The van der Waals surface area contributed by atoms with Gasteiger partial charge in [-0.1, -0.05) is 13.3 Å². The predicted molar refractivity (Wildman–Crippen MR) is 50.6 cm³/mol. The van der Waals surface area contributed by atoms with E-state index < -0.39 is 0 Å². The number of unbranched alkanes of at least 4 members (excludes halogenated alkanes) is 1. The molecule has 0 aliphatic heterocycles. The molecule has 0 aromatic heterocycles. The molecule has 0 fully saturated rings.